The van der Waals surface area contributed by atoms with Gasteiger partial charge in [0.25, 0.3) is 0 Å². The summed E-state index contributed by atoms with van der Waals surface area (Å²) < 4.78 is 27.6. The number of halogens is 1. The van der Waals surface area contributed by atoms with Crippen LogP contribution in [0.15, 0.2) is 23.1 Å². The third-order valence-corrected chi connectivity index (χ3v) is 5.49. The lowest BCUT2D eigenvalue weighted by Crippen LogP contribution is -2.36. The zero-order valence-corrected chi connectivity index (χ0v) is 14.0. The molecule has 0 bridgehead atoms. The first kappa shape index (κ1) is 16.7. The molecule has 1 atom stereocenters. The van der Waals surface area contributed by atoms with E-state index in [4.69, 9.17) is 11.6 Å². The van der Waals surface area contributed by atoms with Crippen molar-refractivity contribution in [1.82, 2.24) is 14.9 Å². The van der Waals surface area contributed by atoms with E-state index in [9.17, 15) is 8.42 Å². The maximum absolute atomic E-state index is 12.4. The molecule has 1 unspecified atom stereocenters. The van der Waals surface area contributed by atoms with Gasteiger partial charge in [-0.15, -0.1) is 0 Å². The summed E-state index contributed by atoms with van der Waals surface area (Å²) in [6.07, 6.45) is 0.841. The molecule has 0 aliphatic carbocycles. The molecule has 0 aromatic heterocycles. The minimum Gasteiger partial charge on any atom is -0.313 e. The highest BCUT2D eigenvalue weighted by atomic mass is 35.5. The first-order valence-electron chi connectivity index (χ1n) is 7.12. The van der Waals surface area contributed by atoms with Crippen molar-refractivity contribution in [3.8, 4) is 0 Å². The van der Waals surface area contributed by atoms with Gasteiger partial charge in [-0.1, -0.05) is 18.5 Å². The summed E-state index contributed by atoms with van der Waals surface area (Å²) in [5.74, 6) is 0. The van der Waals surface area contributed by atoms with E-state index >= 15 is 0 Å². The van der Waals surface area contributed by atoms with Crippen molar-refractivity contribution in [2.75, 3.05) is 26.7 Å². The van der Waals surface area contributed by atoms with Crippen LogP contribution in [0.3, 0.4) is 0 Å². The first-order chi connectivity index (χ1) is 9.92. The van der Waals surface area contributed by atoms with E-state index in [0.717, 1.165) is 31.6 Å². The number of rotatable bonds is 6. The Kier molecular flexibility index (Phi) is 5.62. The highest BCUT2D eigenvalue weighted by Gasteiger charge is 2.25. The quantitative estimate of drug-likeness (QED) is 0.828. The maximum atomic E-state index is 12.4. The van der Waals surface area contributed by atoms with Gasteiger partial charge in [0.05, 0.1) is 4.90 Å². The van der Waals surface area contributed by atoms with Crippen LogP contribution in [0.4, 0.5) is 0 Å². The predicted molar refractivity (Wildman–Crippen MR) is 85.1 cm³/mol. The van der Waals surface area contributed by atoms with E-state index in [1.54, 1.807) is 18.2 Å². The van der Waals surface area contributed by atoms with Crippen molar-refractivity contribution in [3.63, 3.8) is 0 Å². The van der Waals surface area contributed by atoms with Crippen molar-refractivity contribution in [1.29, 1.82) is 0 Å². The summed E-state index contributed by atoms with van der Waals surface area (Å²) in [7, 11) is -1.50. The van der Waals surface area contributed by atoms with Crippen LogP contribution in [0.5, 0.6) is 0 Å². The van der Waals surface area contributed by atoms with Crippen LogP contribution in [0.25, 0.3) is 0 Å². The van der Waals surface area contributed by atoms with E-state index < -0.39 is 10.0 Å². The Hall–Kier alpha value is -0.660. The second-order valence-corrected chi connectivity index (χ2v) is 7.52. The number of benzene rings is 1. The molecular weight excluding hydrogens is 310 g/mol. The highest BCUT2D eigenvalue weighted by Crippen LogP contribution is 2.21. The fourth-order valence-electron chi connectivity index (χ4n) is 2.43. The lowest BCUT2D eigenvalue weighted by Gasteiger charge is -2.14. The minimum atomic E-state index is -3.49. The van der Waals surface area contributed by atoms with Gasteiger partial charge in [0.2, 0.25) is 10.0 Å². The Balaban J connectivity index is 2.15. The molecule has 0 spiro atoms. The van der Waals surface area contributed by atoms with Gasteiger partial charge in [0.15, 0.2) is 0 Å². The van der Waals surface area contributed by atoms with Crippen LogP contribution in [-0.2, 0) is 16.6 Å². The smallest absolute Gasteiger partial charge is 0.240 e. The summed E-state index contributed by atoms with van der Waals surface area (Å²) in [6.45, 7) is 5.02. The Labute approximate surface area is 131 Å². The van der Waals surface area contributed by atoms with Gasteiger partial charge in [-0.05, 0) is 50.3 Å². The lowest BCUT2D eigenvalue weighted by molar-refractivity contribution is 0.407. The fraction of sp³-hybridized carbons (Fsp3) is 0.571. The third kappa shape index (κ3) is 4.40. The number of likely N-dealkylation sites (tertiary alicyclic amines) is 1. The summed E-state index contributed by atoms with van der Waals surface area (Å²) in [4.78, 5) is 2.39. The van der Waals surface area contributed by atoms with Crippen molar-refractivity contribution < 1.29 is 8.42 Å². The molecule has 0 saturated carbocycles. The predicted octanol–water partition coefficient (Wildman–Crippen LogP) is 1.43. The van der Waals surface area contributed by atoms with Crippen molar-refractivity contribution in [2.24, 2.45) is 0 Å². The molecule has 1 heterocycles. The molecule has 1 aromatic rings. The molecule has 0 amide bonds. The average Bonchev–Trinajstić information content (AvgIpc) is 2.82. The number of nitrogens with one attached hydrogen (secondary N) is 2. The topological polar surface area (TPSA) is 61.4 Å². The van der Waals surface area contributed by atoms with Crippen LogP contribution in [-0.4, -0.2) is 46.0 Å². The number of hydrogen-bond donors (Lipinski definition) is 2. The maximum Gasteiger partial charge on any atom is 0.240 e. The van der Waals surface area contributed by atoms with Crippen LogP contribution >= 0.6 is 11.6 Å². The van der Waals surface area contributed by atoms with E-state index in [0.29, 0.717) is 11.6 Å². The molecule has 2 N–H and O–H groups in total. The second-order valence-electron chi connectivity index (χ2n) is 5.40. The molecule has 1 aromatic carbocycles. The molecule has 1 aliphatic heterocycles. The molecular formula is C14H22ClN3O2S. The van der Waals surface area contributed by atoms with Gasteiger partial charge in [0.1, 0.15) is 0 Å². The third-order valence-electron chi connectivity index (χ3n) is 3.61. The van der Waals surface area contributed by atoms with Gasteiger partial charge in [-0.3, -0.25) is 0 Å². The van der Waals surface area contributed by atoms with Gasteiger partial charge in [0, 0.05) is 24.2 Å². The van der Waals surface area contributed by atoms with Gasteiger partial charge >= 0.3 is 0 Å². The summed E-state index contributed by atoms with van der Waals surface area (Å²) in [5, 5.41) is 3.74. The molecule has 21 heavy (non-hydrogen) atoms. The zero-order chi connectivity index (χ0) is 15.5. The van der Waals surface area contributed by atoms with Crippen LogP contribution in [0.2, 0.25) is 5.02 Å². The molecule has 2 rings (SSSR count). The summed E-state index contributed by atoms with van der Waals surface area (Å²) in [5.41, 5.74) is 0.796. The largest absolute Gasteiger partial charge is 0.313 e. The molecule has 0 radical (unpaired) electrons. The summed E-state index contributed by atoms with van der Waals surface area (Å²) >= 11 is 6.11. The lowest BCUT2D eigenvalue weighted by atomic mass is 10.2. The number of likely N-dealkylation sites (N-methyl/N-ethyl adjacent to an activating group) is 1. The summed E-state index contributed by atoms with van der Waals surface area (Å²) in [6, 6.07) is 4.82. The Morgan fingerprint density at radius 1 is 1.43 bits per heavy atom. The average molecular weight is 332 g/mol. The molecule has 1 fully saturated rings. The van der Waals surface area contributed by atoms with E-state index in [-0.39, 0.29) is 10.9 Å². The Morgan fingerprint density at radius 2 is 2.19 bits per heavy atom. The Bertz CT molecular complexity index is 592. The van der Waals surface area contributed by atoms with Crippen LogP contribution < -0.4 is 10.0 Å². The van der Waals surface area contributed by atoms with Gasteiger partial charge < -0.3 is 10.2 Å². The number of sulfonamides is 1. The molecule has 5 nitrogen and oxygen atoms in total. The standard InChI is InChI=1S/C14H22ClN3O2S/c1-3-16-9-11-8-13(4-5-14(11)15)21(19,20)17-12-6-7-18(2)10-12/h4-5,8,12,16-17H,3,6-7,9-10H2,1-2H3. The van der Waals surface area contributed by atoms with Crippen molar-refractivity contribution >= 4 is 21.6 Å². The monoisotopic (exact) mass is 331 g/mol. The number of hydrogen-bond acceptors (Lipinski definition) is 4. The van der Waals surface area contributed by atoms with Crippen molar-refractivity contribution in [2.45, 2.75) is 30.8 Å². The molecule has 118 valence electrons. The molecule has 1 saturated heterocycles. The SMILES string of the molecule is CCNCc1cc(S(=O)(=O)NC2CCN(C)C2)ccc1Cl. The van der Waals surface area contributed by atoms with E-state index in [2.05, 4.69) is 14.9 Å². The molecule has 1 aliphatic rings. The van der Waals surface area contributed by atoms with Crippen LogP contribution in [0, 0.1) is 0 Å². The number of nitrogens with zero attached hydrogens (tertiary/aromatic N) is 1. The van der Waals surface area contributed by atoms with Gasteiger partial charge in [-0.25, -0.2) is 13.1 Å². The highest BCUT2D eigenvalue weighted by molar-refractivity contribution is 7.89. The zero-order valence-electron chi connectivity index (χ0n) is 12.4. The van der Waals surface area contributed by atoms with E-state index in [1.165, 1.54) is 0 Å². The van der Waals surface area contributed by atoms with E-state index in [1.807, 2.05) is 14.0 Å². The Morgan fingerprint density at radius 3 is 2.81 bits per heavy atom. The first-order valence-corrected chi connectivity index (χ1v) is 8.98. The minimum absolute atomic E-state index is 0.0205. The normalized spacial score (nSPS) is 20.0. The van der Waals surface area contributed by atoms with Crippen LogP contribution in [0.1, 0.15) is 18.9 Å². The van der Waals surface area contributed by atoms with Gasteiger partial charge in [-0.2, -0.15) is 0 Å². The van der Waals surface area contributed by atoms with Crippen molar-refractivity contribution in [3.05, 3.63) is 28.8 Å². The fourth-order valence-corrected chi connectivity index (χ4v) is 3.93. The molecule has 7 heteroatoms. The second kappa shape index (κ2) is 7.07.